The Morgan fingerprint density at radius 3 is 3.26 bits per heavy atom. The van der Waals surface area contributed by atoms with Crippen molar-refractivity contribution in [3.05, 3.63) is 23.3 Å². The van der Waals surface area contributed by atoms with Crippen LogP contribution < -0.4 is 15.8 Å². The van der Waals surface area contributed by atoms with E-state index in [1.54, 1.807) is 12.1 Å². The summed E-state index contributed by atoms with van der Waals surface area (Å²) in [6.45, 7) is 3.98. The van der Waals surface area contributed by atoms with Crippen LogP contribution in [0.5, 0.6) is 5.75 Å². The lowest BCUT2D eigenvalue weighted by atomic mass is 10.0. The molecule has 0 aromatic heterocycles. The summed E-state index contributed by atoms with van der Waals surface area (Å²) in [5, 5.41) is 3.01. The molecule has 0 radical (unpaired) electrons. The van der Waals surface area contributed by atoms with Gasteiger partial charge in [-0.05, 0) is 31.5 Å². The van der Waals surface area contributed by atoms with Crippen molar-refractivity contribution in [2.24, 2.45) is 0 Å². The Bertz CT molecular complexity index is 619. The van der Waals surface area contributed by atoms with Gasteiger partial charge in [-0.2, -0.15) is 0 Å². The van der Waals surface area contributed by atoms with Gasteiger partial charge in [-0.25, -0.2) is 0 Å². The Balaban J connectivity index is 1.38. The van der Waals surface area contributed by atoms with E-state index < -0.39 is 0 Å². The summed E-state index contributed by atoms with van der Waals surface area (Å²) in [5.41, 5.74) is 8.09. The summed E-state index contributed by atoms with van der Waals surface area (Å²) < 4.78 is 11.4. The second-order valence-electron chi connectivity index (χ2n) is 6.56. The number of nitrogens with zero attached hydrogens (tertiary/aromatic N) is 1. The Morgan fingerprint density at radius 1 is 1.43 bits per heavy atom. The number of hydrogen-bond acceptors (Lipinski definition) is 5. The van der Waals surface area contributed by atoms with Gasteiger partial charge in [0.05, 0.1) is 25.0 Å². The van der Waals surface area contributed by atoms with Crippen LogP contribution in [0.15, 0.2) is 12.1 Å². The maximum atomic E-state index is 12.5. The summed E-state index contributed by atoms with van der Waals surface area (Å²) >= 11 is 0. The van der Waals surface area contributed by atoms with Crippen LogP contribution in [0.3, 0.4) is 0 Å². The number of morpholine rings is 1. The highest BCUT2D eigenvalue weighted by atomic mass is 16.5. The van der Waals surface area contributed by atoms with E-state index in [0.29, 0.717) is 36.2 Å². The van der Waals surface area contributed by atoms with Crippen LogP contribution in [0.25, 0.3) is 0 Å². The van der Waals surface area contributed by atoms with Crippen LogP contribution >= 0.6 is 0 Å². The SMILES string of the molecule is Nc1ccc(C(=O)NC[C@H]2CN3CCC[C@H]3CO2)c2c1OCC2. The molecule has 0 unspecified atom stereocenters. The van der Waals surface area contributed by atoms with Crippen molar-refractivity contribution < 1.29 is 14.3 Å². The molecular formula is C17H23N3O3. The lowest BCUT2D eigenvalue weighted by molar-refractivity contribution is -0.0461. The van der Waals surface area contributed by atoms with Crippen LogP contribution in [0.1, 0.15) is 28.8 Å². The molecule has 124 valence electrons. The molecule has 3 aliphatic rings. The average Bonchev–Trinajstić information content (AvgIpc) is 3.21. The van der Waals surface area contributed by atoms with Crippen LogP contribution in [-0.2, 0) is 11.2 Å². The number of fused-ring (bicyclic) bond motifs is 2. The fraction of sp³-hybridized carbons (Fsp3) is 0.588. The summed E-state index contributed by atoms with van der Waals surface area (Å²) in [4.78, 5) is 15.0. The van der Waals surface area contributed by atoms with E-state index in [1.165, 1.54) is 12.8 Å². The predicted octanol–water partition coefficient (Wildman–Crippen LogP) is 0.797. The summed E-state index contributed by atoms with van der Waals surface area (Å²) in [5.74, 6) is 0.602. The van der Waals surface area contributed by atoms with Crippen molar-refractivity contribution in [3.63, 3.8) is 0 Å². The van der Waals surface area contributed by atoms with Gasteiger partial charge in [0.2, 0.25) is 0 Å². The van der Waals surface area contributed by atoms with Gasteiger partial charge in [-0.15, -0.1) is 0 Å². The van der Waals surface area contributed by atoms with Crippen molar-refractivity contribution in [2.75, 3.05) is 38.6 Å². The maximum absolute atomic E-state index is 12.5. The van der Waals surface area contributed by atoms with E-state index in [1.807, 2.05) is 0 Å². The number of rotatable bonds is 3. The van der Waals surface area contributed by atoms with E-state index >= 15 is 0 Å². The number of nitrogens with one attached hydrogen (secondary N) is 1. The zero-order chi connectivity index (χ0) is 15.8. The zero-order valence-corrected chi connectivity index (χ0v) is 13.2. The number of amides is 1. The van der Waals surface area contributed by atoms with E-state index in [0.717, 1.165) is 31.7 Å². The number of hydrogen-bond donors (Lipinski definition) is 2. The zero-order valence-electron chi connectivity index (χ0n) is 13.2. The smallest absolute Gasteiger partial charge is 0.251 e. The molecule has 0 spiro atoms. The summed E-state index contributed by atoms with van der Waals surface area (Å²) in [7, 11) is 0. The molecule has 2 fully saturated rings. The van der Waals surface area contributed by atoms with Crippen molar-refractivity contribution in [1.82, 2.24) is 10.2 Å². The normalized spacial score (nSPS) is 26.4. The second-order valence-corrected chi connectivity index (χ2v) is 6.56. The van der Waals surface area contributed by atoms with E-state index in [-0.39, 0.29) is 12.0 Å². The quantitative estimate of drug-likeness (QED) is 0.806. The lowest BCUT2D eigenvalue weighted by Crippen LogP contribution is -2.50. The van der Waals surface area contributed by atoms with Crippen LogP contribution in [0.2, 0.25) is 0 Å². The summed E-state index contributed by atoms with van der Waals surface area (Å²) in [6.07, 6.45) is 3.30. The minimum atomic E-state index is -0.0705. The Labute approximate surface area is 135 Å². The Hall–Kier alpha value is -1.79. The first-order valence-corrected chi connectivity index (χ1v) is 8.40. The molecule has 4 rings (SSSR count). The molecule has 0 bridgehead atoms. The third kappa shape index (κ3) is 2.77. The molecule has 0 aliphatic carbocycles. The van der Waals surface area contributed by atoms with E-state index in [2.05, 4.69) is 10.2 Å². The van der Waals surface area contributed by atoms with E-state index in [9.17, 15) is 4.79 Å². The van der Waals surface area contributed by atoms with Crippen molar-refractivity contribution in [1.29, 1.82) is 0 Å². The fourth-order valence-corrected chi connectivity index (χ4v) is 3.84. The molecule has 6 nitrogen and oxygen atoms in total. The highest BCUT2D eigenvalue weighted by Crippen LogP contribution is 2.34. The average molecular weight is 317 g/mol. The van der Waals surface area contributed by atoms with Gasteiger partial charge in [0.1, 0.15) is 5.75 Å². The minimum Gasteiger partial charge on any atom is -0.491 e. The van der Waals surface area contributed by atoms with Gasteiger partial charge < -0.3 is 20.5 Å². The predicted molar refractivity (Wildman–Crippen MR) is 86.7 cm³/mol. The van der Waals surface area contributed by atoms with E-state index in [4.69, 9.17) is 15.2 Å². The molecule has 2 atom stereocenters. The monoisotopic (exact) mass is 317 g/mol. The molecule has 23 heavy (non-hydrogen) atoms. The molecule has 3 heterocycles. The van der Waals surface area contributed by atoms with Crippen LogP contribution in [0.4, 0.5) is 5.69 Å². The third-order valence-electron chi connectivity index (χ3n) is 5.09. The lowest BCUT2D eigenvalue weighted by Gasteiger charge is -2.35. The van der Waals surface area contributed by atoms with Gasteiger partial charge in [-0.3, -0.25) is 9.69 Å². The topological polar surface area (TPSA) is 76.8 Å². The molecule has 1 amide bonds. The molecule has 6 heteroatoms. The molecule has 3 N–H and O–H groups in total. The third-order valence-corrected chi connectivity index (χ3v) is 5.09. The van der Waals surface area contributed by atoms with Gasteiger partial charge in [0.25, 0.3) is 5.91 Å². The summed E-state index contributed by atoms with van der Waals surface area (Å²) in [6, 6.07) is 4.11. The first-order valence-electron chi connectivity index (χ1n) is 8.40. The Morgan fingerprint density at radius 2 is 2.35 bits per heavy atom. The molecule has 3 aliphatic heterocycles. The van der Waals surface area contributed by atoms with Crippen molar-refractivity contribution in [3.8, 4) is 5.75 Å². The van der Waals surface area contributed by atoms with Gasteiger partial charge in [-0.1, -0.05) is 0 Å². The first kappa shape index (κ1) is 14.8. The number of nitrogen functional groups attached to an aromatic ring is 1. The second kappa shape index (κ2) is 6.02. The molecular weight excluding hydrogens is 294 g/mol. The standard InChI is InChI=1S/C17H23N3O3/c18-15-4-3-14(13-5-7-22-16(13)15)17(21)19-8-12-9-20-6-1-2-11(20)10-23-12/h3-4,11-12H,1-2,5-10,18H2,(H,19,21)/t11-,12-/m0/s1. The van der Waals surface area contributed by atoms with Crippen molar-refractivity contribution >= 4 is 11.6 Å². The highest BCUT2D eigenvalue weighted by molar-refractivity contribution is 5.97. The molecule has 2 saturated heterocycles. The number of anilines is 1. The number of carbonyl (C=O) groups is 1. The Kier molecular flexibility index (Phi) is 3.87. The largest absolute Gasteiger partial charge is 0.491 e. The van der Waals surface area contributed by atoms with Crippen molar-refractivity contribution in [2.45, 2.75) is 31.4 Å². The van der Waals surface area contributed by atoms with Gasteiger partial charge in [0.15, 0.2) is 0 Å². The molecule has 0 saturated carbocycles. The van der Waals surface area contributed by atoms with Gasteiger partial charge >= 0.3 is 0 Å². The molecule has 1 aromatic carbocycles. The molecule has 1 aromatic rings. The van der Waals surface area contributed by atoms with Crippen LogP contribution in [0, 0.1) is 0 Å². The van der Waals surface area contributed by atoms with Gasteiger partial charge in [0, 0.05) is 36.7 Å². The number of nitrogens with two attached hydrogens (primary N) is 1. The number of carbonyl (C=O) groups excluding carboxylic acids is 1. The highest BCUT2D eigenvalue weighted by Gasteiger charge is 2.32. The fourth-order valence-electron chi connectivity index (χ4n) is 3.84. The number of benzene rings is 1. The minimum absolute atomic E-state index is 0.0705. The van der Waals surface area contributed by atoms with Crippen LogP contribution in [-0.4, -0.2) is 55.8 Å². The number of ether oxygens (including phenoxy) is 2. The maximum Gasteiger partial charge on any atom is 0.251 e. The first-order chi connectivity index (χ1) is 11.2.